The highest BCUT2D eigenvalue weighted by atomic mass is 16.5. The number of aliphatic imine (C=N–C) groups is 1. The highest BCUT2D eigenvalue weighted by Gasteiger charge is 2.22. The van der Waals surface area contributed by atoms with Crippen LogP contribution < -0.4 is 15.4 Å². The number of imidazole rings is 1. The first-order chi connectivity index (χ1) is 20.2. The first-order valence-corrected chi connectivity index (χ1v) is 13.3. The Balaban J connectivity index is 1.53. The molecule has 0 fully saturated rings. The lowest BCUT2D eigenvalue weighted by Gasteiger charge is -2.21. The number of fused-ring (bicyclic) bond motifs is 1. The molecule has 2 amide bonds. The van der Waals surface area contributed by atoms with E-state index in [2.05, 4.69) is 9.98 Å². The van der Waals surface area contributed by atoms with Crippen molar-refractivity contribution in [2.45, 2.75) is 26.4 Å². The number of anilines is 1. The van der Waals surface area contributed by atoms with Gasteiger partial charge < -0.3 is 24.5 Å². The van der Waals surface area contributed by atoms with Gasteiger partial charge in [0, 0.05) is 30.9 Å². The molecule has 2 aromatic heterocycles. The van der Waals surface area contributed by atoms with Gasteiger partial charge in [-0.15, -0.1) is 0 Å². The monoisotopic (exact) mass is 572 g/mol. The molecule has 218 valence electrons. The van der Waals surface area contributed by atoms with Crippen molar-refractivity contribution in [2.75, 3.05) is 25.2 Å². The SMILES string of the molecule is CCOC(=O)/N=C(/N)c1ccc(OC(C)c2nc3cc(C(=O)N(CCC(=O)OC)c4ccccn4)ccc3n2C)cc1. The zero-order valence-corrected chi connectivity index (χ0v) is 23.8. The lowest BCUT2D eigenvalue weighted by molar-refractivity contribution is -0.140. The number of carbonyl (C=O) groups excluding carboxylic acids is 3. The topological polar surface area (TPSA) is 151 Å². The van der Waals surface area contributed by atoms with Crippen LogP contribution in [0.2, 0.25) is 0 Å². The molecule has 42 heavy (non-hydrogen) atoms. The molecule has 4 rings (SSSR count). The Hall–Kier alpha value is -5.26. The number of methoxy groups -OCH3 is 1. The Morgan fingerprint density at radius 3 is 2.48 bits per heavy atom. The van der Waals surface area contributed by atoms with Crippen LogP contribution in [0.4, 0.5) is 10.6 Å². The van der Waals surface area contributed by atoms with E-state index >= 15 is 0 Å². The number of ether oxygens (including phenoxy) is 3. The molecule has 0 bridgehead atoms. The van der Waals surface area contributed by atoms with Crippen LogP contribution in [0.3, 0.4) is 0 Å². The summed E-state index contributed by atoms with van der Waals surface area (Å²) in [5.74, 6) is 0.937. The number of hydrogen-bond donors (Lipinski definition) is 1. The number of esters is 1. The number of amidine groups is 1. The lowest BCUT2D eigenvalue weighted by Crippen LogP contribution is -2.33. The minimum atomic E-state index is -0.749. The molecule has 12 nitrogen and oxygen atoms in total. The molecular formula is C30H32N6O6. The predicted octanol–water partition coefficient (Wildman–Crippen LogP) is 4.18. The number of hydrogen-bond acceptors (Lipinski definition) is 8. The third-order valence-electron chi connectivity index (χ3n) is 6.41. The van der Waals surface area contributed by atoms with Gasteiger partial charge in [-0.1, -0.05) is 6.07 Å². The third kappa shape index (κ3) is 6.89. The van der Waals surface area contributed by atoms with Crippen LogP contribution in [0.25, 0.3) is 11.0 Å². The fourth-order valence-corrected chi connectivity index (χ4v) is 4.29. The van der Waals surface area contributed by atoms with E-state index in [9.17, 15) is 14.4 Å². The van der Waals surface area contributed by atoms with E-state index in [1.807, 2.05) is 24.6 Å². The van der Waals surface area contributed by atoms with Crippen LogP contribution in [0.15, 0.2) is 71.9 Å². The van der Waals surface area contributed by atoms with Gasteiger partial charge in [0.15, 0.2) is 11.9 Å². The average Bonchev–Trinajstić information content (AvgIpc) is 3.33. The van der Waals surface area contributed by atoms with E-state index in [4.69, 9.17) is 24.9 Å². The molecule has 1 atom stereocenters. The van der Waals surface area contributed by atoms with Gasteiger partial charge in [-0.25, -0.2) is 14.8 Å². The fraction of sp³-hybridized carbons (Fsp3) is 0.267. The van der Waals surface area contributed by atoms with Gasteiger partial charge in [-0.05, 0) is 68.4 Å². The van der Waals surface area contributed by atoms with E-state index in [0.717, 1.165) is 5.52 Å². The molecule has 0 radical (unpaired) electrons. The second-order valence-electron chi connectivity index (χ2n) is 9.18. The Morgan fingerprint density at radius 2 is 1.81 bits per heavy atom. The van der Waals surface area contributed by atoms with E-state index in [1.54, 1.807) is 67.7 Å². The zero-order valence-electron chi connectivity index (χ0n) is 23.8. The highest BCUT2D eigenvalue weighted by molar-refractivity contribution is 6.07. The molecular weight excluding hydrogens is 540 g/mol. The number of pyridine rings is 1. The van der Waals surface area contributed by atoms with Crippen molar-refractivity contribution in [3.63, 3.8) is 0 Å². The van der Waals surface area contributed by atoms with Crippen molar-refractivity contribution in [3.8, 4) is 5.75 Å². The first-order valence-electron chi connectivity index (χ1n) is 13.3. The van der Waals surface area contributed by atoms with Gasteiger partial charge in [-0.2, -0.15) is 4.99 Å². The summed E-state index contributed by atoms with van der Waals surface area (Å²) in [7, 11) is 3.18. The van der Waals surface area contributed by atoms with Crippen molar-refractivity contribution in [1.82, 2.24) is 14.5 Å². The molecule has 4 aromatic rings. The number of nitrogens with zero attached hydrogens (tertiary/aromatic N) is 5. The molecule has 0 spiro atoms. The van der Waals surface area contributed by atoms with Crippen molar-refractivity contribution in [3.05, 3.63) is 83.8 Å². The molecule has 12 heteroatoms. The maximum atomic E-state index is 13.6. The summed E-state index contributed by atoms with van der Waals surface area (Å²) in [5, 5.41) is 0. The standard InChI is InChI=1S/C30H32N6O6/c1-5-41-30(39)34-27(31)20-9-12-22(13-10-20)42-19(2)28-33-23-18-21(11-14-24(23)35(28)3)29(38)36(17-15-26(37)40-4)25-8-6-7-16-32-25/h6-14,16,18-19H,5,15,17H2,1-4H3,(H2,31,34,39). The largest absolute Gasteiger partial charge is 0.483 e. The van der Waals surface area contributed by atoms with Gasteiger partial charge in [0.25, 0.3) is 5.91 Å². The van der Waals surface area contributed by atoms with Crippen molar-refractivity contribution >= 4 is 40.7 Å². The summed E-state index contributed by atoms with van der Waals surface area (Å²) in [6, 6.07) is 17.3. The number of aryl methyl sites for hydroxylation is 1. The Bertz CT molecular complexity index is 1600. The molecule has 0 saturated carbocycles. The normalized spacial score (nSPS) is 12.0. The summed E-state index contributed by atoms with van der Waals surface area (Å²) in [5.41, 5.74) is 8.27. The maximum Gasteiger partial charge on any atom is 0.435 e. The zero-order chi connectivity index (χ0) is 30.2. The van der Waals surface area contributed by atoms with Crippen LogP contribution >= 0.6 is 0 Å². The number of rotatable bonds is 10. The molecule has 1 unspecified atom stereocenters. The quantitative estimate of drug-likeness (QED) is 0.168. The van der Waals surface area contributed by atoms with Gasteiger partial charge in [0.2, 0.25) is 0 Å². The summed E-state index contributed by atoms with van der Waals surface area (Å²) in [4.78, 5) is 51.1. The molecule has 0 aliphatic rings. The van der Waals surface area contributed by atoms with Crippen LogP contribution in [-0.2, 0) is 21.3 Å². The molecule has 2 heterocycles. The number of nitrogens with two attached hydrogens (primary N) is 1. The summed E-state index contributed by atoms with van der Waals surface area (Å²) in [6.07, 6.45) is 0.419. The van der Waals surface area contributed by atoms with Crippen LogP contribution in [0, 0.1) is 0 Å². The minimum Gasteiger partial charge on any atom is -0.483 e. The fourth-order valence-electron chi connectivity index (χ4n) is 4.29. The Labute approximate surface area is 242 Å². The van der Waals surface area contributed by atoms with Crippen LogP contribution in [0.1, 0.15) is 48.1 Å². The van der Waals surface area contributed by atoms with Crippen molar-refractivity contribution in [1.29, 1.82) is 0 Å². The molecule has 0 aliphatic heterocycles. The summed E-state index contributed by atoms with van der Waals surface area (Å²) in [6.45, 7) is 3.87. The molecule has 2 N–H and O–H groups in total. The summed E-state index contributed by atoms with van der Waals surface area (Å²) >= 11 is 0. The van der Waals surface area contributed by atoms with E-state index in [-0.39, 0.29) is 31.3 Å². The number of carbonyl (C=O) groups is 3. The maximum absolute atomic E-state index is 13.6. The third-order valence-corrected chi connectivity index (χ3v) is 6.41. The number of amides is 2. The van der Waals surface area contributed by atoms with Gasteiger partial charge >= 0.3 is 12.1 Å². The predicted molar refractivity (Wildman–Crippen MR) is 156 cm³/mol. The smallest absolute Gasteiger partial charge is 0.435 e. The Kier molecular flexibility index (Phi) is 9.48. The lowest BCUT2D eigenvalue weighted by atomic mass is 10.1. The highest BCUT2D eigenvalue weighted by Crippen LogP contribution is 2.26. The summed E-state index contributed by atoms with van der Waals surface area (Å²) < 4.78 is 17.6. The first kappa shape index (κ1) is 29.7. The van der Waals surface area contributed by atoms with Crippen LogP contribution in [-0.4, -0.2) is 58.6 Å². The minimum absolute atomic E-state index is 0.0232. The van der Waals surface area contributed by atoms with E-state index in [0.29, 0.717) is 34.0 Å². The van der Waals surface area contributed by atoms with Crippen molar-refractivity contribution in [2.24, 2.45) is 17.8 Å². The molecule has 0 saturated heterocycles. The van der Waals surface area contributed by atoms with E-state index < -0.39 is 18.2 Å². The number of benzene rings is 2. The van der Waals surface area contributed by atoms with Crippen LogP contribution in [0.5, 0.6) is 5.75 Å². The van der Waals surface area contributed by atoms with E-state index in [1.165, 1.54) is 12.0 Å². The Morgan fingerprint density at radius 1 is 1.07 bits per heavy atom. The second-order valence-corrected chi connectivity index (χ2v) is 9.18. The molecule has 2 aromatic carbocycles. The van der Waals surface area contributed by atoms with Gasteiger partial charge in [0.1, 0.15) is 17.4 Å². The second kappa shape index (κ2) is 13.4. The number of aromatic nitrogens is 3. The average molecular weight is 573 g/mol. The van der Waals surface area contributed by atoms with Crippen molar-refractivity contribution < 1.29 is 28.6 Å². The molecule has 0 aliphatic carbocycles. The van der Waals surface area contributed by atoms with Gasteiger partial charge in [0.05, 0.1) is 31.2 Å². The van der Waals surface area contributed by atoms with Gasteiger partial charge in [-0.3, -0.25) is 14.5 Å².